The maximum Gasteiger partial charge on any atom is 0.294 e. The molecule has 1 fully saturated rings. The van der Waals surface area contributed by atoms with Crippen molar-refractivity contribution >= 4 is 34.6 Å². The van der Waals surface area contributed by atoms with E-state index in [1.54, 1.807) is 6.07 Å². The summed E-state index contributed by atoms with van der Waals surface area (Å²) in [7, 11) is 1.90. The van der Waals surface area contributed by atoms with Crippen LogP contribution in [0.4, 0.5) is 11.4 Å². The predicted molar refractivity (Wildman–Crippen MR) is 77.4 cm³/mol. The van der Waals surface area contributed by atoms with Crippen LogP contribution in [0.15, 0.2) is 12.1 Å². The Labute approximate surface area is 121 Å². The number of likely N-dealkylation sites (N-methyl/N-ethyl adjacent to an activating group) is 1. The van der Waals surface area contributed by atoms with Crippen molar-refractivity contribution < 1.29 is 4.92 Å². The topological polar surface area (TPSA) is 58.4 Å². The number of halogens is 2. The SMILES string of the molecule is CNC1CCCN(c2cc(Cl)c(Cl)cc2[N+](=O)[O-])C1. The van der Waals surface area contributed by atoms with Gasteiger partial charge in [-0.15, -0.1) is 0 Å². The minimum Gasteiger partial charge on any atom is -0.364 e. The summed E-state index contributed by atoms with van der Waals surface area (Å²) >= 11 is 11.8. The molecular weight excluding hydrogens is 289 g/mol. The zero-order valence-electron chi connectivity index (χ0n) is 10.5. The first-order valence-electron chi connectivity index (χ1n) is 6.08. The number of nitro groups is 1. The number of benzene rings is 1. The lowest BCUT2D eigenvalue weighted by Crippen LogP contribution is -2.44. The number of nitrogens with one attached hydrogen (secondary N) is 1. The zero-order valence-corrected chi connectivity index (χ0v) is 12.0. The highest BCUT2D eigenvalue weighted by molar-refractivity contribution is 6.42. The van der Waals surface area contributed by atoms with E-state index in [1.807, 2.05) is 11.9 Å². The maximum atomic E-state index is 11.1. The predicted octanol–water partition coefficient (Wildman–Crippen LogP) is 3.09. The highest BCUT2D eigenvalue weighted by Gasteiger charge is 2.26. The molecule has 1 unspecified atom stereocenters. The monoisotopic (exact) mass is 303 g/mol. The fourth-order valence-corrected chi connectivity index (χ4v) is 2.67. The summed E-state index contributed by atoms with van der Waals surface area (Å²) in [6.07, 6.45) is 2.06. The Kier molecular flexibility index (Phi) is 4.50. The number of nitro benzene ring substituents is 1. The van der Waals surface area contributed by atoms with Crippen LogP contribution in [-0.4, -0.2) is 31.1 Å². The van der Waals surface area contributed by atoms with Gasteiger partial charge in [-0.05, 0) is 26.0 Å². The summed E-state index contributed by atoms with van der Waals surface area (Å²) in [5.41, 5.74) is 0.547. The molecule has 5 nitrogen and oxygen atoms in total. The first-order valence-corrected chi connectivity index (χ1v) is 6.84. The quantitative estimate of drug-likeness (QED) is 0.688. The molecule has 1 heterocycles. The largest absolute Gasteiger partial charge is 0.364 e. The lowest BCUT2D eigenvalue weighted by atomic mass is 10.0. The molecule has 0 radical (unpaired) electrons. The van der Waals surface area contributed by atoms with Gasteiger partial charge in [-0.2, -0.15) is 0 Å². The van der Waals surface area contributed by atoms with E-state index in [0.29, 0.717) is 16.8 Å². The fourth-order valence-electron chi connectivity index (χ4n) is 2.36. The summed E-state index contributed by atoms with van der Waals surface area (Å²) in [5.74, 6) is 0. The van der Waals surface area contributed by atoms with Crippen LogP contribution in [0, 0.1) is 10.1 Å². The summed E-state index contributed by atoms with van der Waals surface area (Å²) in [6, 6.07) is 3.24. The third kappa shape index (κ3) is 3.11. The molecule has 1 aliphatic heterocycles. The first kappa shape index (κ1) is 14.4. The smallest absolute Gasteiger partial charge is 0.294 e. The van der Waals surface area contributed by atoms with E-state index >= 15 is 0 Å². The maximum absolute atomic E-state index is 11.1. The molecule has 1 N–H and O–H groups in total. The number of anilines is 1. The van der Waals surface area contributed by atoms with Crippen molar-refractivity contribution in [2.24, 2.45) is 0 Å². The van der Waals surface area contributed by atoms with E-state index in [4.69, 9.17) is 23.2 Å². The Morgan fingerprint density at radius 3 is 2.74 bits per heavy atom. The minimum atomic E-state index is -0.416. The average Bonchev–Trinajstić information content (AvgIpc) is 2.41. The van der Waals surface area contributed by atoms with Gasteiger partial charge in [0.1, 0.15) is 5.69 Å². The summed E-state index contributed by atoms with van der Waals surface area (Å²) in [4.78, 5) is 12.7. The Hall–Kier alpha value is -1.04. The van der Waals surface area contributed by atoms with Crippen molar-refractivity contribution in [3.8, 4) is 0 Å². The van der Waals surface area contributed by atoms with Crippen LogP contribution in [0.1, 0.15) is 12.8 Å². The first-order chi connectivity index (χ1) is 9.02. The van der Waals surface area contributed by atoms with E-state index in [2.05, 4.69) is 5.32 Å². The highest BCUT2D eigenvalue weighted by Crippen LogP contribution is 2.37. The molecule has 7 heteroatoms. The molecule has 19 heavy (non-hydrogen) atoms. The number of hydrogen-bond donors (Lipinski definition) is 1. The summed E-state index contributed by atoms with van der Waals surface area (Å²) in [5, 5.41) is 14.9. The molecule has 2 rings (SSSR count). The molecule has 0 aromatic heterocycles. The molecule has 1 aromatic carbocycles. The van der Waals surface area contributed by atoms with Gasteiger partial charge >= 0.3 is 0 Å². The van der Waals surface area contributed by atoms with Crippen molar-refractivity contribution in [1.29, 1.82) is 0 Å². The van der Waals surface area contributed by atoms with Gasteiger partial charge in [0.25, 0.3) is 5.69 Å². The number of rotatable bonds is 3. The van der Waals surface area contributed by atoms with Crippen molar-refractivity contribution in [3.63, 3.8) is 0 Å². The Morgan fingerprint density at radius 2 is 2.11 bits per heavy atom. The van der Waals surface area contributed by atoms with Crippen LogP contribution < -0.4 is 10.2 Å². The van der Waals surface area contributed by atoms with Crippen LogP contribution >= 0.6 is 23.2 Å². The second-order valence-corrected chi connectivity index (χ2v) is 5.40. The van der Waals surface area contributed by atoms with Crippen molar-refractivity contribution in [3.05, 3.63) is 32.3 Å². The molecule has 0 amide bonds. The molecule has 0 aliphatic carbocycles. The Balaban J connectivity index is 2.37. The summed E-state index contributed by atoms with van der Waals surface area (Å²) < 4.78 is 0. The lowest BCUT2D eigenvalue weighted by Gasteiger charge is -2.34. The van der Waals surface area contributed by atoms with E-state index < -0.39 is 4.92 Å². The van der Waals surface area contributed by atoms with E-state index in [1.165, 1.54) is 6.07 Å². The third-order valence-electron chi connectivity index (χ3n) is 3.38. The molecule has 0 saturated carbocycles. The molecule has 0 spiro atoms. The number of hydrogen-bond acceptors (Lipinski definition) is 4. The van der Waals surface area contributed by atoms with Gasteiger partial charge in [-0.3, -0.25) is 10.1 Å². The average molecular weight is 304 g/mol. The molecule has 1 saturated heterocycles. The van der Waals surface area contributed by atoms with Crippen LogP contribution in [0.5, 0.6) is 0 Å². The van der Waals surface area contributed by atoms with E-state index in [-0.39, 0.29) is 10.7 Å². The van der Waals surface area contributed by atoms with Crippen LogP contribution in [0.25, 0.3) is 0 Å². The second kappa shape index (κ2) is 5.94. The second-order valence-electron chi connectivity index (χ2n) is 4.59. The van der Waals surface area contributed by atoms with Crippen LogP contribution in [-0.2, 0) is 0 Å². The molecule has 1 atom stereocenters. The normalized spacial score (nSPS) is 19.5. The van der Waals surface area contributed by atoms with Crippen molar-refractivity contribution in [2.45, 2.75) is 18.9 Å². The van der Waals surface area contributed by atoms with Crippen LogP contribution in [0.3, 0.4) is 0 Å². The molecule has 1 aliphatic rings. The van der Waals surface area contributed by atoms with Crippen molar-refractivity contribution in [1.82, 2.24) is 5.32 Å². The van der Waals surface area contributed by atoms with Gasteiger partial charge in [0.05, 0.1) is 15.0 Å². The molecule has 0 bridgehead atoms. The highest BCUT2D eigenvalue weighted by atomic mass is 35.5. The van der Waals surface area contributed by atoms with Crippen LogP contribution in [0.2, 0.25) is 10.0 Å². The molecule has 1 aromatic rings. The van der Waals surface area contributed by atoms with Gasteiger partial charge in [0.15, 0.2) is 0 Å². The third-order valence-corrected chi connectivity index (χ3v) is 4.11. The van der Waals surface area contributed by atoms with Gasteiger partial charge in [0.2, 0.25) is 0 Å². The minimum absolute atomic E-state index is 0.00570. The number of piperidine rings is 1. The lowest BCUT2D eigenvalue weighted by molar-refractivity contribution is -0.384. The van der Waals surface area contributed by atoms with Crippen molar-refractivity contribution in [2.75, 3.05) is 25.0 Å². The van der Waals surface area contributed by atoms with E-state index in [9.17, 15) is 10.1 Å². The number of nitrogens with zero attached hydrogens (tertiary/aromatic N) is 2. The van der Waals surface area contributed by atoms with Gasteiger partial charge < -0.3 is 10.2 Å². The standard InChI is InChI=1S/C12H15Cl2N3O2/c1-15-8-3-2-4-16(7-8)11-5-9(13)10(14)6-12(11)17(18)19/h5-6,8,15H,2-4,7H2,1H3. The Morgan fingerprint density at radius 1 is 1.42 bits per heavy atom. The summed E-state index contributed by atoms with van der Waals surface area (Å²) in [6.45, 7) is 1.52. The van der Waals surface area contributed by atoms with Gasteiger partial charge in [0, 0.05) is 25.2 Å². The molecule has 104 valence electrons. The Bertz CT molecular complexity index is 496. The van der Waals surface area contributed by atoms with Gasteiger partial charge in [-0.1, -0.05) is 23.2 Å². The zero-order chi connectivity index (χ0) is 14.0. The van der Waals surface area contributed by atoms with Gasteiger partial charge in [-0.25, -0.2) is 0 Å². The molecular formula is C12H15Cl2N3O2. The van der Waals surface area contributed by atoms with E-state index in [0.717, 1.165) is 25.9 Å². The fraction of sp³-hybridized carbons (Fsp3) is 0.500.